The van der Waals surface area contributed by atoms with E-state index in [1.807, 2.05) is 13.8 Å². The number of benzene rings is 2. The lowest BCUT2D eigenvalue weighted by molar-refractivity contribution is -0.384. The van der Waals surface area contributed by atoms with Crippen molar-refractivity contribution in [1.82, 2.24) is 0 Å². The first-order valence-electron chi connectivity index (χ1n) is 11.6. The molecular formula is C25H25BN2O7. The van der Waals surface area contributed by atoms with E-state index in [2.05, 4.69) is 0 Å². The molecule has 0 bridgehead atoms. The van der Waals surface area contributed by atoms with E-state index in [1.54, 1.807) is 18.2 Å². The molecule has 2 fully saturated rings. The van der Waals surface area contributed by atoms with Crippen molar-refractivity contribution in [3.63, 3.8) is 0 Å². The lowest BCUT2D eigenvalue weighted by Crippen LogP contribution is -2.45. The van der Waals surface area contributed by atoms with E-state index in [0.29, 0.717) is 23.9 Å². The van der Waals surface area contributed by atoms with E-state index in [-0.39, 0.29) is 28.9 Å². The van der Waals surface area contributed by atoms with Crippen LogP contribution in [-0.4, -0.2) is 34.0 Å². The van der Waals surface area contributed by atoms with E-state index >= 15 is 0 Å². The Bertz CT molecular complexity index is 1260. The Morgan fingerprint density at radius 1 is 1.11 bits per heavy atom. The molecule has 0 spiro atoms. The molecule has 0 radical (unpaired) electrons. The Morgan fingerprint density at radius 2 is 1.86 bits per heavy atom. The monoisotopic (exact) mass is 476 g/mol. The van der Waals surface area contributed by atoms with Gasteiger partial charge in [0.2, 0.25) is 11.8 Å². The average molecular weight is 476 g/mol. The summed E-state index contributed by atoms with van der Waals surface area (Å²) in [5.74, 6) is -2.49. The maximum Gasteiger partial charge on any atom is 0.487 e. The van der Waals surface area contributed by atoms with Crippen LogP contribution in [0.4, 0.5) is 11.4 Å². The molecule has 2 saturated heterocycles. The van der Waals surface area contributed by atoms with Gasteiger partial charge in [0, 0.05) is 12.1 Å². The third-order valence-electron chi connectivity index (χ3n) is 7.39. The highest BCUT2D eigenvalue weighted by atomic mass is 16.6. The predicted octanol–water partition coefficient (Wildman–Crippen LogP) is 3.56. The van der Waals surface area contributed by atoms with Gasteiger partial charge in [-0.05, 0) is 53.9 Å². The van der Waals surface area contributed by atoms with Crippen molar-refractivity contribution in [1.29, 1.82) is 0 Å². The zero-order valence-corrected chi connectivity index (χ0v) is 19.3. The minimum absolute atomic E-state index is 0.0267. The fraction of sp³-hybridized carbons (Fsp3) is 0.360. The normalized spacial score (nSPS) is 26.3. The molecule has 0 aromatic heterocycles. The summed E-state index contributed by atoms with van der Waals surface area (Å²) >= 11 is 0. The summed E-state index contributed by atoms with van der Waals surface area (Å²) in [7, 11) is -1.24. The van der Waals surface area contributed by atoms with Crippen molar-refractivity contribution in [3.05, 3.63) is 75.3 Å². The van der Waals surface area contributed by atoms with Crippen molar-refractivity contribution in [2.75, 3.05) is 4.90 Å². The molecule has 5 rings (SSSR count). The summed E-state index contributed by atoms with van der Waals surface area (Å²) in [6.45, 7) is 3.96. The quantitative estimate of drug-likeness (QED) is 0.299. The van der Waals surface area contributed by atoms with Crippen LogP contribution in [0.1, 0.15) is 38.4 Å². The Kier molecular flexibility index (Phi) is 5.73. The van der Waals surface area contributed by atoms with Gasteiger partial charge in [0.05, 0.1) is 28.6 Å². The van der Waals surface area contributed by atoms with E-state index in [4.69, 9.17) is 4.65 Å². The van der Waals surface area contributed by atoms with Crippen molar-refractivity contribution >= 4 is 30.3 Å². The maximum atomic E-state index is 13.7. The van der Waals surface area contributed by atoms with Crippen molar-refractivity contribution in [3.8, 4) is 5.75 Å². The number of nitro benzene ring substituents is 1. The molecule has 9 nitrogen and oxygen atoms in total. The molecule has 2 N–H and O–H groups in total. The van der Waals surface area contributed by atoms with Gasteiger partial charge < -0.3 is 14.8 Å². The molecule has 2 amide bonds. The number of anilines is 1. The van der Waals surface area contributed by atoms with Crippen LogP contribution in [0, 0.1) is 33.8 Å². The SMILES string of the molecule is CC(C)C1=C2B(O)O[C@H](c3cccc(O)c3)C[C@H]2[C@H]2C(=O)N(c3cccc([N+](=O)[O-])c3)C(=O)[C@H]2C1. The number of hydrogen-bond acceptors (Lipinski definition) is 7. The fourth-order valence-corrected chi connectivity index (χ4v) is 5.84. The molecular weight excluding hydrogens is 451 g/mol. The zero-order valence-electron chi connectivity index (χ0n) is 19.3. The molecule has 1 aliphatic carbocycles. The topological polar surface area (TPSA) is 130 Å². The Labute approximate surface area is 202 Å². The maximum absolute atomic E-state index is 13.7. The number of aromatic hydroxyl groups is 1. The van der Waals surface area contributed by atoms with Crippen molar-refractivity contribution < 1.29 is 29.3 Å². The number of hydrogen-bond donors (Lipinski definition) is 2. The second kappa shape index (κ2) is 8.62. The highest BCUT2D eigenvalue weighted by molar-refractivity contribution is 6.53. The van der Waals surface area contributed by atoms with Gasteiger partial charge in [-0.15, -0.1) is 0 Å². The minimum atomic E-state index is -1.24. The second-order valence-electron chi connectivity index (χ2n) is 9.67. The smallest absolute Gasteiger partial charge is 0.487 e. The lowest BCUT2D eigenvalue weighted by atomic mass is 9.54. The van der Waals surface area contributed by atoms with E-state index in [0.717, 1.165) is 10.5 Å². The summed E-state index contributed by atoms with van der Waals surface area (Å²) in [6.07, 6.45) is 0.101. The molecule has 2 aromatic rings. The summed E-state index contributed by atoms with van der Waals surface area (Å²) in [4.78, 5) is 39.0. The number of carbonyl (C=O) groups excluding carboxylic acids is 2. The highest BCUT2D eigenvalue weighted by Gasteiger charge is 2.58. The van der Waals surface area contributed by atoms with E-state index in [9.17, 15) is 29.8 Å². The summed E-state index contributed by atoms with van der Waals surface area (Å²) in [6, 6.07) is 12.1. The zero-order chi connectivity index (χ0) is 25.0. The van der Waals surface area contributed by atoms with Crippen LogP contribution >= 0.6 is 0 Å². The van der Waals surface area contributed by atoms with Crippen LogP contribution in [-0.2, 0) is 14.2 Å². The number of imide groups is 1. The highest BCUT2D eigenvalue weighted by Crippen LogP contribution is 2.53. The Morgan fingerprint density at radius 3 is 2.54 bits per heavy atom. The number of carbonyl (C=O) groups is 2. The molecule has 2 aliphatic heterocycles. The molecule has 2 aromatic carbocycles. The number of nitrogens with zero attached hydrogens (tertiary/aromatic N) is 2. The van der Waals surface area contributed by atoms with Gasteiger partial charge >= 0.3 is 7.12 Å². The molecule has 10 heteroatoms. The Balaban J connectivity index is 1.56. The number of fused-ring (bicyclic) bond motifs is 3. The van der Waals surface area contributed by atoms with Gasteiger partial charge in [-0.3, -0.25) is 19.7 Å². The standard InChI is InChI=1S/C25H25BN2O7/c1-13(2)18-11-20-22(25(31)27(24(20)30)15-6-4-7-16(10-15)28(33)34)19-12-21(35-26(32)23(18)19)14-5-3-8-17(29)9-14/h3-10,13,19-22,29,32H,11-12H2,1-2H3/t19-,20-,21-,22+/m0/s1. The largest absolute Gasteiger partial charge is 0.508 e. The molecule has 180 valence electrons. The van der Waals surface area contributed by atoms with Crippen LogP contribution in [0.5, 0.6) is 5.75 Å². The molecule has 35 heavy (non-hydrogen) atoms. The van der Waals surface area contributed by atoms with Gasteiger partial charge in [-0.2, -0.15) is 0 Å². The lowest BCUT2D eigenvalue weighted by Gasteiger charge is -2.43. The van der Waals surface area contributed by atoms with E-state index in [1.165, 1.54) is 30.3 Å². The average Bonchev–Trinajstić information content (AvgIpc) is 3.08. The van der Waals surface area contributed by atoms with Gasteiger partial charge in [0.15, 0.2) is 0 Å². The van der Waals surface area contributed by atoms with Crippen LogP contribution in [0.25, 0.3) is 0 Å². The van der Waals surface area contributed by atoms with Crippen molar-refractivity contribution in [2.24, 2.45) is 23.7 Å². The summed E-state index contributed by atoms with van der Waals surface area (Å²) in [5.41, 5.74) is 2.20. The first-order valence-corrected chi connectivity index (χ1v) is 11.6. The number of phenolic OH excluding ortho intramolecular Hbond substituents is 1. The number of non-ortho nitro benzene ring substituents is 1. The molecule has 0 unspecified atom stereocenters. The van der Waals surface area contributed by atoms with Gasteiger partial charge in [0.25, 0.3) is 5.69 Å². The van der Waals surface area contributed by atoms with Crippen molar-refractivity contribution in [2.45, 2.75) is 32.8 Å². The summed E-state index contributed by atoms with van der Waals surface area (Å²) < 4.78 is 5.94. The second-order valence-corrected chi connectivity index (χ2v) is 9.67. The number of allylic oxidation sites excluding steroid dienone is 2. The van der Waals surface area contributed by atoms with Gasteiger partial charge in [0.1, 0.15) is 5.75 Å². The molecule has 3 aliphatic rings. The number of phenols is 1. The summed E-state index contributed by atoms with van der Waals surface area (Å²) in [5, 5.41) is 32.2. The molecule has 0 saturated carbocycles. The van der Waals surface area contributed by atoms with E-state index < -0.39 is 41.8 Å². The van der Waals surface area contributed by atoms with Crippen LogP contribution in [0.15, 0.2) is 59.6 Å². The number of rotatable bonds is 4. The third-order valence-corrected chi connectivity index (χ3v) is 7.39. The van der Waals surface area contributed by atoms with Gasteiger partial charge in [-0.25, -0.2) is 4.90 Å². The van der Waals surface area contributed by atoms with Crippen LogP contribution in [0.3, 0.4) is 0 Å². The number of nitro groups is 1. The fourth-order valence-electron chi connectivity index (χ4n) is 5.84. The number of amides is 2. The molecule has 4 atom stereocenters. The third kappa shape index (κ3) is 3.82. The first kappa shape index (κ1) is 23.3. The Hall–Kier alpha value is -3.50. The minimum Gasteiger partial charge on any atom is -0.508 e. The predicted molar refractivity (Wildman–Crippen MR) is 127 cm³/mol. The molecule has 2 heterocycles. The first-order chi connectivity index (χ1) is 16.7. The van der Waals surface area contributed by atoms with Crippen LogP contribution < -0.4 is 4.90 Å². The van der Waals surface area contributed by atoms with Gasteiger partial charge in [-0.1, -0.05) is 37.6 Å². The van der Waals surface area contributed by atoms with Crippen LogP contribution in [0.2, 0.25) is 0 Å².